The van der Waals surface area contributed by atoms with Gasteiger partial charge in [0.1, 0.15) is 5.69 Å². The first kappa shape index (κ1) is 13.1. The third kappa shape index (κ3) is 2.27. The summed E-state index contributed by atoms with van der Waals surface area (Å²) in [6, 6.07) is 8.02. The topological polar surface area (TPSA) is 56.7 Å². The molecule has 2 heterocycles. The van der Waals surface area contributed by atoms with Gasteiger partial charge < -0.3 is 4.52 Å². The number of hydrogen-bond acceptors (Lipinski definition) is 4. The molecule has 102 valence electrons. The van der Waals surface area contributed by atoms with Crippen molar-refractivity contribution in [3.63, 3.8) is 0 Å². The Bertz CT molecular complexity index is 730. The molecule has 0 bridgehead atoms. The highest BCUT2D eigenvalue weighted by molar-refractivity contribution is 9.10. The molecule has 0 atom stereocenters. The van der Waals surface area contributed by atoms with Crippen LogP contribution < -0.4 is 0 Å². The second-order valence-corrected chi connectivity index (χ2v) is 5.30. The minimum Gasteiger partial charge on any atom is -0.332 e. The molecular weight excluding hydrogens is 320 g/mol. The number of halogens is 1. The van der Waals surface area contributed by atoms with E-state index in [0.29, 0.717) is 11.7 Å². The Morgan fingerprint density at radius 2 is 2.00 bits per heavy atom. The molecule has 1 aromatic carbocycles. The van der Waals surface area contributed by atoms with Gasteiger partial charge in [-0.15, -0.1) is 0 Å². The van der Waals surface area contributed by atoms with Crippen LogP contribution in [0.15, 0.2) is 39.5 Å². The van der Waals surface area contributed by atoms with Crippen LogP contribution in [0.25, 0.3) is 23.0 Å². The first-order valence-corrected chi connectivity index (χ1v) is 7.10. The van der Waals surface area contributed by atoms with Gasteiger partial charge in [-0.2, -0.15) is 10.1 Å². The van der Waals surface area contributed by atoms with Crippen molar-refractivity contribution >= 4 is 15.9 Å². The van der Waals surface area contributed by atoms with Crippen LogP contribution in [0.5, 0.6) is 0 Å². The molecule has 0 radical (unpaired) electrons. The van der Waals surface area contributed by atoms with E-state index in [-0.39, 0.29) is 0 Å². The molecule has 3 aromatic rings. The number of aryl methyl sites for hydroxylation is 2. The van der Waals surface area contributed by atoms with Gasteiger partial charge in [0.05, 0.1) is 10.7 Å². The molecule has 6 heteroatoms. The van der Waals surface area contributed by atoms with E-state index in [9.17, 15) is 0 Å². The van der Waals surface area contributed by atoms with Crippen LogP contribution in [0.3, 0.4) is 0 Å². The molecule has 0 unspecified atom stereocenters. The first-order valence-electron chi connectivity index (χ1n) is 6.31. The van der Waals surface area contributed by atoms with Crippen LogP contribution in [0.2, 0.25) is 0 Å². The summed E-state index contributed by atoms with van der Waals surface area (Å²) in [6.07, 6.45) is 1.73. The van der Waals surface area contributed by atoms with Crippen molar-refractivity contribution in [3.8, 4) is 23.0 Å². The van der Waals surface area contributed by atoms with Crippen molar-refractivity contribution in [2.45, 2.75) is 20.4 Å². The van der Waals surface area contributed by atoms with E-state index < -0.39 is 0 Å². The summed E-state index contributed by atoms with van der Waals surface area (Å²) < 4.78 is 8.03. The predicted octanol–water partition coefficient (Wildman–Crippen LogP) is 3.69. The summed E-state index contributed by atoms with van der Waals surface area (Å²) in [5, 5.41) is 8.29. The van der Waals surface area contributed by atoms with Gasteiger partial charge in [-0.25, -0.2) is 0 Å². The number of rotatable bonds is 3. The van der Waals surface area contributed by atoms with E-state index in [1.165, 1.54) is 5.56 Å². The fraction of sp³-hybridized carbons (Fsp3) is 0.214. The summed E-state index contributed by atoms with van der Waals surface area (Å²) in [4.78, 5) is 4.45. The SMILES string of the molecule is CCn1ncc(Br)c1-c1nc(-c2ccc(C)cc2)no1. The van der Waals surface area contributed by atoms with E-state index in [0.717, 1.165) is 22.3 Å². The van der Waals surface area contributed by atoms with E-state index in [4.69, 9.17) is 4.52 Å². The zero-order valence-electron chi connectivity index (χ0n) is 11.2. The molecule has 0 aliphatic rings. The fourth-order valence-electron chi connectivity index (χ4n) is 1.95. The van der Waals surface area contributed by atoms with Crippen LogP contribution >= 0.6 is 15.9 Å². The molecule has 0 aliphatic carbocycles. The quantitative estimate of drug-likeness (QED) is 0.733. The molecule has 5 nitrogen and oxygen atoms in total. The molecule has 0 amide bonds. The number of aromatic nitrogens is 4. The molecule has 0 aliphatic heterocycles. The van der Waals surface area contributed by atoms with Gasteiger partial charge in [-0.3, -0.25) is 4.68 Å². The Morgan fingerprint density at radius 3 is 2.70 bits per heavy atom. The Hall–Kier alpha value is -1.95. The zero-order valence-corrected chi connectivity index (χ0v) is 12.8. The second-order valence-electron chi connectivity index (χ2n) is 4.45. The van der Waals surface area contributed by atoms with E-state index in [2.05, 4.69) is 31.2 Å². The lowest BCUT2D eigenvalue weighted by atomic mass is 10.1. The summed E-state index contributed by atoms with van der Waals surface area (Å²) in [6.45, 7) is 4.80. The molecule has 0 N–H and O–H groups in total. The van der Waals surface area contributed by atoms with E-state index >= 15 is 0 Å². The average Bonchev–Trinajstić information content (AvgIpc) is 3.05. The van der Waals surface area contributed by atoms with Gasteiger partial charge in [-0.05, 0) is 29.8 Å². The zero-order chi connectivity index (χ0) is 14.1. The lowest BCUT2D eigenvalue weighted by Crippen LogP contribution is -1.99. The van der Waals surface area contributed by atoms with Gasteiger partial charge in [0.15, 0.2) is 0 Å². The van der Waals surface area contributed by atoms with E-state index in [1.54, 1.807) is 6.20 Å². The standard InChI is InChI=1S/C14H13BrN4O/c1-3-19-12(11(15)8-16-19)14-17-13(18-20-14)10-6-4-9(2)5-7-10/h4-8H,3H2,1-2H3. The predicted molar refractivity (Wildman–Crippen MR) is 79.1 cm³/mol. The maximum atomic E-state index is 5.37. The van der Waals surface area contributed by atoms with Gasteiger partial charge in [0.2, 0.25) is 5.82 Å². The average molecular weight is 333 g/mol. The lowest BCUT2D eigenvalue weighted by molar-refractivity contribution is 0.427. The van der Waals surface area contributed by atoms with Crippen molar-refractivity contribution in [1.29, 1.82) is 0 Å². The van der Waals surface area contributed by atoms with Gasteiger partial charge >= 0.3 is 0 Å². The maximum absolute atomic E-state index is 5.37. The van der Waals surface area contributed by atoms with Crippen LogP contribution in [-0.4, -0.2) is 19.9 Å². The third-order valence-corrected chi connectivity index (χ3v) is 3.61. The second kappa shape index (κ2) is 5.20. The summed E-state index contributed by atoms with van der Waals surface area (Å²) in [5.74, 6) is 1.04. The number of nitrogens with zero attached hydrogens (tertiary/aromatic N) is 4. The van der Waals surface area contributed by atoms with Crippen molar-refractivity contribution in [2.24, 2.45) is 0 Å². The number of benzene rings is 1. The minimum absolute atomic E-state index is 0.465. The lowest BCUT2D eigenvalue weighted by Gasteiger charge is -1.99. The third-order valence-electron chi connectivity index (χ3n) is 3.03. The highest BCUT2D eigenvalue weighted by Crippen LogP contribution is 2.28. The summed E-state index contributed by atoms with van der Waals surface area (Å²) >= 11 is 3.46. The first-order chi connectivity index (χ1) is 9.69. The molecule has 20 heavy (non-hydrogen) atoms. The van der Waals surface area contributed by atoms with Crippen molar-refractivity contribution in [1.82, 2.24) is 19.9 Å². The van der Waals surface area contributed by atoms with Gasteiger partial charge in [-0.1, -0.05) is 35.0 Å². The van der Waals surface area contributed by atoms with Crippen molar-refractivity contribution in [2.75, 3.05) is 0 Å². The van der Waals surface area contributed by atoms with Crippen molar-refractivity contribution < 1.29 is 4.52 Å². The highest BCUT2D eigenvalue weighted by atomic mass is 79.9. The van der Waals surface area contributed by atoms with E-state index in [1.807, 2.05) is 42.8 Å². The van der Waals surface area contributed by atoms with Gasteiger partial charge in [0.25, 0.3) is 5.89 Å². The molecule has 0 spiro atoms. The Morgan fingerprint density at radius 1 is 1.25 bits per heavy atom. The Kier molecular flexibility index (Phi) is 3.40. The molecule has 0 saturated carbocycles. The fourth-order valence-corrected chi connectivity index (χ4v) is 2.42. The minimum atomic E-state index is 0.465. The molecule has 2 aromatic heterocycles. The smallest absolute Gasteiger partial charge is 0.277 e. The monoisotopic (exact) mass is 332 g/mol. The highest BCUT2D eigenvalue weighted by Gasteiger charge is 2.17. The Labute approximate surface area is 124 Å². The largest absolute Gasteiger partial charge is 0.332 e. The summed E-state index contributed by atoms with van der Waals surface area (Å²) in [7, 11) is 0. The van der Waals surface area contributed by atoms with Crippen LogP contribution in [0.1, 0.15) is 12.5 Å². The summed E-state index contributed by atoms with van der Waals surface area (Å²) in [5.41, 5.74) is 2.94. The van der Waals surface area contributed by atoms with Crippen molar-refractivity contribution in [3.05, 3.63) is 40.5 Å². The number of hydrogen-bond donors (Lipinski definition) is 0. The Balaban J connectivity index is 2.02. The maximum Gasteiger partial charge on any atom is 0.277 e. The van der Waals surface area contributed by atoms with Gasteiger partial charge in [0, 0.05) is 12.1 Å². The van der Waals surface area contributed by atoms with Crippen LogP contribution in [-0.2, 0) is 6.54 Å². The van der Waals surface area contributed by atoms with Crippen LogP contribution in [0.4, 0.5) is 0 Å². The molecular formula is C14H13BrN4O. The van der Waals surface area contributed by atoms with Crippen LogP contribution in [0, 0.1) is 6.92 Å². The normalized spacial score (nSPS) is 10.9. The molecule has 3 rings (SSSR count). The molecule has 0 saturated heterocycles. The molecule has 0 fully saturated rings.